The van der Waals surface area contributed by atoms with Crippen LogP contribution in [0.25, 0.3) is 0 Å². The highest BCUT2D eigenvalue weighted by Gasteiger charge is 2.10. The van der Waals surface area contributed by atoms with Crippen molar-refractivity contribution in [3.63, 3.8) is 0 Å². The maximum absolute atomic E-state index is 12.0. The number of methoxy groups -OCH3 is 1. The van der Waals surface area contributed by atoms with E-state index in [1.165, 1.54) is 7.11 Å². The van der Waals surface area contributed by atoms with E-state index in [1.54, 1.807) is 12.1 Å². The fourth-order valence-electron chi connectivity index (χ4n) is 1.96. The smallest absolute Gasteiger partial charge is 0.243 e. The number of aryl methyl sites for hydroxylation is 1. The number of amides is 1. The molecule has 0 radical (unpaired) electrons. The third-order valence-corrected chi connectivity index (χ3v) is 4.27. The van der Waals surface area contributed by atoms with Crippen LogP contribution in [0.2, 0.25) is 10.0 Å². The van der Waals surface area contributed by atoms with Gasteiger partial charge < -0.3 is 15.4 Å². The lowest BCUT2D eigenvalue weighted by Gasteiger charge is -2.12. The molecule has 23 heavy (non-hydrogen) atoms. The first-order chi connectivity index (χ1) is 10.9. The first kappa shape index (κ1) is 17.9. The minimum Gasteiger partial charge on any atom is -0.494 e. The van der Waals surface area contributed by atoms with Crippen molar-refractivity contribution < 1.29 is 9.53 Å². The Morgan fingerprint density at radius 2 is 1.87 bits per heavy atom. The molecular weight excluding hydrogens is 403 g/mol. The number of hydrogen-bond donors (Lipinski definition) is 2. The number of ether oxygens (including phenoxy) is 1. The van der Waals surface area contributed by atoms with E-state index in [9.17, 15) is 4.79 Å². The van der Waals surface area contributed by atoms with E-state index in [1.807, 2.05) is 25.1 Å². The van der Waals surface area contributed by atoms with Gasteiger partial charge in [0.1, 0.15) is 0 Å². The van der Waals surface area contributed by atoms with Crippen LogP contribution in [0.15, 0.2) is 34.8 Å². The summed E-state index contributed by atoms with van der Waals surface area (Å²) in [5, 5.41) is 6.55. The zero-order chi connectivity index (χ0) is 17.0. The van der Waals surface area contributed by atoms with Crippen molar-refractivity contribution in [3.8, 4) is 5.75 Å². The average Bonchev–Trinajstić information content (AvgIpc) is 2.48. The van der Waals surface area contributed by atoms with Crippen LogP contribution in [0.5, 0.6) is 5.75 Å². The molecule has 7 heteroatoms. The molecule has 0 heterocycles. The Bertz CT molecular complexity index is 715. The van der Waals surface area contributed by atoms with Gasteiger partial charge in [-0.2, -0.15) is 0 Å². The second kappa shape index (κ2) is 7.90. The standard InChI is InChI=1S/C16H15BrCl2N2O2/c1-9-3-4-14(11(17)5-9)21-15(22)8-20-10-6-12(18)16(23-2)13(19)7-10/h3-7,20H,8H2,1-2H3,(H,21,22). The SMILES string of the molecule is COc1c(Cl)cc(NCC(=O)Nc2ccc(C)cc2Br)cc1Cl. The molecule has 0 aliphatic heterocycles. The van der Waals surface area contributed by atoms with E-state index in [0.717, 1.165) is 10.0 Å². The summed E-state index contributed by atoms with van der Waals surface area (Å²) in [7, 11) is 1.49. The molecule has 2 rings (SSSR count). The minimum atomic E-state index is -0.183. The van der Waals surface area contributed by atoms with Gasteiger partial charge in [-0.05, 0) is 52.7 Å². The molecule has 2 aromatic carbocycles. The molecule has 0 spiro atoms. The van der Waals surface area contributed by atoms with Crippen molar-refractivity contribution in [1.29, 1.82) is 0 Å². The number of rotatable bonds is 5. The minimum absolute atomic E-state index is 0.0826. The van der Waals surface area contributed by atoms with Crippen molar-refractivity contribution in [2.45, 2.75) is 6.92 Å². The molecule has 0 saturated heterocycles. The summed E-state index contributed by atoms with van der Waals surface area (Å²) in [4.78, 5) is 12.0. The third kappa shape index (κ3) is 4.77. The molecule has 122 valence electrons. The van der Waals surface area contributed by atoms with Gasteiger partial charge in [0, 0.05) is 10.2 Å². The molecule has 0 saturated carbocycles. The summed E-state index contributed by atoms with van der Waals surface area (Å²) in [6.07, 6.45) is 0. The van der Waals surface area contributed by atoms with Gasteiger partial charge >= 0.3 is 0 Å². The van der Waals surface area contributed by atoms with E-state index in [-0.39, 0.29) is 12.5 Å². The Kier molecular flexibility index (Phi) is 6.16. The Hall–Kier alpha value is -1.43. The summed E-state index contributed by atoms with van der Waals surface area (Å²) in [6.45, 7) is 2.06. The number of benzene rings is 2. The quantitative estimate of drug-likeness (QED) is 0.709. The zero-order valence-electron chi connectivity index (χ0n) is 12.5. The van der Waals surface area contributed by atoms with Crippen LogP contribution in [-0.4, -0.2) is 19.6 Å². The lowest BCUT2D eigenvalue weighted by molar-refractivity contribution is -0.114. The number of anilines is 2. The molecule has 1 amide bonds. The van der Waals surface area contributed by atoms with Gasteiger partial charge in [-0.1, -0.05) is 29.3 Å². The van der Waals surface area contributed by atoms with Crippen LogP contribution in [0.1, 0.15) is 5.56 Å². The predicted octanol–water partition coefficient (Wildman–Crippen LogP) is 5.12. The van der Waals surface area contributed by atoms with Crippen LogP contribution >= 0.6 is 39.1 Å². The fraction of sp³-hybridized carbons (Fsp3) is 0.188. The first-order valence-corrected chi connectivity index (χ1v) is 8.28. The van der Waals surface area contributed by atoms with E-state index in [4.69, 9.17) is 27.9 Å². The number of halogens is 3. The van der Waals surface area contributed by atoms with Gasteiger partial charge in [-0.25, -0.2) is 0 Å². The lowest BCUT2D eigenvalue weighted by atomic mass is 10.2. The maximum atomic E-state index is 12.0. The topological polar surface area (TPSA) is 50.4 Å². The zero-order valence-corrected chi connectivity index (χ0v) is 15.6. The molecule has 2 aromatic rings. The molecule has 2 N–H and O–H groups in total. The van der Waals surface area contributed by atoms with Gasteiger partial charge in [0.05, 0.1) is 29.4 Å². The highest BCUT2D eigenvalue weighted by Crippen LogP contribution is 2.35. The number of hydrogen-bond acceptors (Lipinski definition) is 3. The molecular formula is C16H15BrCl2N2O2. The van der Waals surface area contributed by atoms with Crippen LogP contribution in [-0.2, 0) is 4.79 Å². The van der Waals surface area contributed by atoms with Gasteiger partial charge in [-0.15, -0.1) is 0 Å². The number of carbonyl (C=O) groups excluding carboxylic acids is 1. The van der Waals surface area contributed by atoms with Crippen molar-refractivity contribution in [1.82, 2.24) is 0 Å². The van der Waals surface area contributed by atoms with Crippen molar-refractivity contribution in [3.05, 3.63) is 50.4 Å². The average molecular weight is 418 g/mol. The predicted molar refractivity (Wildman–Crippen MR) is 99.0 cm³/mol. The summed E-state index contributed by atoms with van der Waals surface area (Å²) < 4.78 is 5.92. The molecule has 0 atom stereocenters. The van der Waals surface area contributed by atoms with E-state index >= 15 is 0 Å². The summed E-state index contributed by atoms with van der Waals surface area (Å²) in [5.41, 5.74) is 2.46. The highest BCUT2D eigenvalue weighted by atomic mass is 79.9. The van der Waals surface area contributed by atoms with Gasteiger partial charge in [0.15, 0.2) is 5.75 Å². The Balaban J connectivity index is 1.99. The van der Waals surface area contributed by atoms with Gasteiger partial charge in [0.25, 0.3) is 0 Å². The Morgan fingerprint density at radius 3 is 2.43 bits per heavy atom. The molecule has 0 aliphatic rings. The van der Waals surface area contributed by atoms with E-state index < -0.39 is 0 Å². The second-order valence-corrected chi connectivity index (χ2v) is 6.53. The molecule has 4 nitrogen and oxygen atoms in total. The lowest BCUT2D eigenvalue weighted by Crippen LogP contribution is -2.22. The maximum Gasteiger partial charge on any atom is 0.243 e. The normalized spacial score (nSPS) is 10.3. The molecule has 0 unspecified atom stereocenters. The monoisotopic (exact) mass is 416 g/mol. The van der Waals surface area contributed by atoms with Crippen molar-refractivity contribution in [2.75, 3.05) is 24.3 Å². The summed E-state index contributed by atoms with van der Waals surface area (Å²) >= 11 is 15.5. The largest absolute Gasteiger partial charge is 0.494 e. The second-order valence-electron chi connectivity index (χ2n) is 4.86. The van der Waals surface area contributed by atoms with Crippen molar-refractivity contribution >= 4 is 56.4 Å². The van der Waals surface area contributed by atoms with E-state index in [2.05, 4.69) is 26.6 Å². The van der Waals surface area contributed by atoms with Gasteiger partial charge in [-0.3, -0.25) is 4.79 Å². The molecule has 0 aromatic heterocycles. The van der Waals surface area contributed by atoms with E-state index in [0.29, 0.717) is 27.2 Å². The van der Waals surface area contributed by atoms with Crippen LogP contribution in [0.4, 0.5) is 11.4 Å². The molecule has 0 aliphatic carbocycles. The Labute approximate surface area is 153 Å². The molecule has 0 fully saturated rings. The summed E-state index contributed by atoms with van der Waals surface area (Å²) in [5.74, 6) is 0.226. The molecule has 0 bridgehead atoms. The number of nitrogens with one attached hydrogen (secondary N) is 2. The van der Waals surface area contributed by atoms with Gasteiger partial charge in [0.2, 0.25) is 5.91 Å². The fourth-order valence-corrected chi connectivity index (χ4v) is 3.19. The van der Waals surface area contributed by atoms with Crippen LogP contribution in [0.3, 0.4) is 0 Å². The Morgan fingerprint density at radius 1 is 1.22 bits per heavy atom. The number of carbonyl (C=O) groups is 1. The third-order valence-electron chi connectivity index (χ3n) is 3.05. The van der Waals surface area contributed by atoms with Crippen LogP contribution in [0, 0.1) is 6.92 Å². The highest BCUT2D eigenvalue weighted by molar-refractivity contribution is 9.10. The van der Waals surface area contributed by atoms with Crippen LogP contribution < -0.4 is 15.4 Å². The van der Waals surface area contributed by atoms with Crippen molar-refractivity contribution in [2.24, 2.45) is 0 Å². The summed E-state index contributed by atoms with van der Waals surface area (Å²) in [6, 6.07) is 9.02. The first-order valence-electron chi connectivity index (χ1n) is 6.73.